The molecule has 1 amide bonds. The highest BCUT2D eigenvalue weighted by atomic mass is 16.5. The van der Waals surface area contributed by atoms with Crippen molar-refractivity contribution in [2.24, 2.45) is 0 Å². The molecule has 23 heavy (non-hydrogen) atoms. The second-order valence-corrected chi connectivity index (χ2v) is 5.09. The van der Waals surface area contributed by atoms with Crippen LogP contribution < -0.4 is 9.47 Å². The third-order valence-electron chi connectivity index (χ3n) is 3.89. The Morgan fingerprint density at radius 2 is 1.70 bits per heavy atom. The maximum absolute atomic E-state index is 12.9. The molecule has 4 nitrogen and oxygen atoms in total. The first-order valence-electron chi connectivity index (χ1n) is 7.76. The fraction of sp³-hybridized carbons (Fsp3) is 0.316. The molecule has 4 heteroatoms. The number of amides is 1. The highest BCUT2D eigenvalue weighted by molar-refractivity contribution is 6.03. The molecule has 0 radical (unpaired) electrons. The van der Waals surface area contributed by atoms with E-state index in [2.05, 4.69) is 0 Å². The van der Waals surface area contributed by atoms with Crippen LogP contribution in [0.15, 0.2) is 42.5 Å². The van der Waals surface area contributed by atoms with Crippen molar-refractivity contribution in [3.05, 3.63) is 48.0 Å². The molecule has 0 unspecified atom stereocenters. The monoisotopic (exact) mass is 313 g/mol. The number of carbonyl (C=O) groups excluding carboxylic acids is 1. The van der Waals surface area contributed by atoms with E-state index in [1.807, 2.05) is 56.3 Å². The van der Waals surface area contributed by atoms with E-state index in [-0.39, 0.29) is 5.91 Å². The lowest BCUT2D eigenvalue weighted by Gasteiger charge is -2.22. The molecule has 0 atom stereocenters. The highest BCUT2D eigenvalue weighted by Crippen LogP contribution is 2.33. The molecule has 0 heterocycles. The lowest BCUT2D eigenvalue weighted by Crippen LogP contribution is -2.31. The molecule has 0 aliphatic rings. The van der Waals surface area contributed by atoms with Gasteiger partial charge in [-0.25, -0.2) is 0 Å². The van der Waals surface area contributed by atoms with Gasteiger partial charge in [0.1, 0.15) is 11.5 Å². The molecule has 122 valence electrons. The molecule has 0 spiro atoms. The van der Waals surface area contributed by atoms with Crippen molar-refractivity contribution in [2.75, 3.05) is 27.3 Å². The number of methoxy groups -OCH3 is 2. The molecule has 0 saturated heterocycles. The van der Waals surface area contributed by atoms with Gasteiger partial charge in [-0.1, -0.05) is 24.3 Å². The third kappa shape index (κ3) is 3.47. The van der Waals surface area contributed by atoms with Crippen LogP contribution in [0.2, 0.25) is 0 Å². The van der Waals surface area contributed by atoms with Crippen LogP contribution in [0.4, 0.5) is 0 Å². The Bertz CT molecular complexity index is 678. The van der Waals surface area contributed by atoms with Crippen LogP contribution in [0.25, 0.3) is 11.1 Å². The van der Waals surface area contributed by atoms with E-state index < -0.39 is 0 Å². The zero-order valence-electron chi connectivity index (χ0n) is 14.1. The second kappa shape index (κ2) is 7.68. The van der Waals surface area contributed by atoms with Gasteiger partial charge in [0, 0.05) is 13.1 Å². The van der Waals surface area contributed by atoms with Crippen molar-refractivity contribution < 1.29 is 14.3 Å². The van der Waals surface area contributed by atoms with E-state index in [0.29, 0.717) is 24.4 Å². The first-order chi connectivity index (χ1) is 11.2. The summed E-state index contributed by atoms with van der Waals surface area (Å²) in [6.07, 6.45) is 0. The van der Waals surface area contributed by atoms with Gasteiger partial charge < -0.3 is 14.4 Å². The minimum absolute atomic E-state index is 0.0229. The Labute approximate surface area is 137 Å². The van der Waals surface area contributed by atoms with Crippen LogP contribution in [0.3, 0.4) is 0 Å². The van der Waals surface area contributed by atoms with Gasteiger partial charge in [0.2, 0.25) is 0 Å². The Morgan fingerprint density at radius 3 is 2.30 bits per heavy atom. The molecule has 2 aromatic rings. The quantitative estimate of drug-likeness (QED) is 0.813. The van der Waals surface area contributed by atoms with E-state index >= 15 is 0 Å². The summed E-state index contributed by atoms with van der Waals surface area (Å²) >= 11 is 0. The minimum atomic E-state index is -0.0229. The van der Waals surface area contributed by atoms with Gasteiger partial charge in [0.25, 0.3) is 5.91 Å². The van der Waals surface area contributed by atoms with Crippen molar-refractivity contribution >= 4 is 5.91 Å². The molecule has 0 aromatic heterocycles. The maximum atomic E-state index is 12.9. The number of benzene rings is 2. The third-order valence-corrected chi connectivity index (χ3v) is 3.89. The van der Waals surface area contributed by atoms with Crippen molar-refractivity contribution in [1.82, 2.24) is 4.90 Å². The van der Waals surface area contributed by atoms with Gasteiger partial charge >= 0.3 is 0 Å². The highest BCUT2D eigenvalue weighted by Gasteiger charge is 2.22. The molecule has 0 aliphatic carbocycles. The molecule has 0 bridgehead atoms. The zero-order chi connectivity index (χ0) is 16.8. The van der Waals surface area contributed by atoms with E-state index in [4.69, 9.17) is 9.47 Å². The van der Waals surface area contributed by atoms with Gasteiger partial charge in [0.15, 0.2) is 0 Å². The average Bonchev–Trinajstić information content (AvgIpc) is 2.61. The average molecular weight is 313 g/mol. The molecule has 0 fully saturated rings. The Hall–Kier alpha value is -2.49. The predicted molar refractivity (Wildman–Crippen MR) is 92.2 cm³/mol. The summed E-state index contributed by atoms with van der Waals surface area (Å²) in [5.74, 6) is 1.32. The predicted octanol–water partition coefficient (Wildman–Crippen LogP) is 3.85. The van der Waals surface area contributed by atoms with Crippen LogP contribution in [0.5, 0.6) is 11.5 Å². The van der Waals surface area contributed by atoms with Crippen LogP contribution >= 0.6 is 0 Å². The topological polar surface area (TPSA) is 38.8 Å². The minimum Gasteiger partial charge on any atom is -0.497 e. The Morgan fingerprint density at radius 1 is 1.00 bits per heavy atom. The zero-order valence-corrected chi connectivity index (χ0v) is 14.1. The van der Waals surface area contributed by atoms with Crippen molar-refractivity contribution in [1.29, 1.82) is 0 Å². The number of rotatable bonds is 6. The van der Waals surface area contributed by atoms with Gasteiger partial charge in [-0.05, 0) is 43.2 Å². The smallest absolute Gasteiger partial charge is 0.258 e. The summed E-state index contributed by atoms with van der Waals surface area (Å²) in [5.41, 5.74) is 2.37. The molecular formula is C19H23NO3. The first-order valence-corrected chi connectivity index (χ1v) is 7.76. The fourth-order valence-electron chi connectivity index (χ4n) is 2.62. The molecular weight excluding hydrogens is 290 g/mol. The number of hydrogen-bond donors (Lipinski definition) is 0. The second-order valence-electron chi connectivity index (χ2n) is 5.09. The molecule has 2 aromatic carbocycles. The van der Waals surface area contributed by atoms with Gasteiger partial charge in [-0.3, -0.25) is 4.79 Å². The summed E-state index contributed by atoms with van der Waals surface area (Å²) in [5, 5.41) is 0. The molecule has 2 rings (SSSR count). The van der Waals surface area contributed by atoms with E-state index in [1.54, 1.807) is 19.1 Å². The van der Waals surface area contributed by atoms with Crippen molar-refractivity contribution in [3.63, 3.8) is 0 Å². The Balaban J connectivity index is 2.62. The lowest BCUT2D eigenvalue weighted by molar-refractivity contribution is 0.0770. The standard InChI is InChI=1S/C19H23NO3/c1-5-20(6-2)19(21)18-16(11-8-12-17(18)23-4)14-9-7-10-15(13-14)22-3/h7-13H,5-6H2,1-4H3. The van der Waals surface area contributed by atoms with Crippen LogP contribution in [0.1, 0.15) is 24.2 Å². The summed E-state index contributed by atoms with van der Waals surface area (Å²) in [4.78, 5) is 14.7. The van der Waals surface area contributed by atoms with Crippen LogP contribution in [-0.4, -0.2) is 38.1 Å². The summed E-state index contributed by atoms with van der Waals surface area (Å²) < 4.78 is 10.7. The first kappa shape index (κ1) is 16.9. The fourth-order valence-corrected chi connectivity index (χ4v) is 2.62. The maximum Gasteiger partial charge on any atom is 0.258 e. The van der Waals surface area contributed by atoms with Crippen molar-refractivity contribution in [2.45, 2.75) is 13.8 Å². The molecule has 0 aliphatic heterocycles. The van der Waals surface area contributed by atoms with E-state index in [1.165, 1.54) is 0 Å². The number of nitrogens with zero attached hydrogens (tertiary/aromatic N) is 1. The summed E-state index contributed by atoms with van der Waals surface area (Å²) in [6, 6.07) is 13.3. The Kier molecular flexibility index (Phi) is 5.63. The normalized spacial score (nSPS) is 10.3. The number of hydrogen-bond acceptors (Lipinski definition) is 3. The summed E-state index contributed by atoms with van der Waals surface area (Å²) in [7, 11) is 3.22. The number of carbonyl (C=O) groups is 1. The molecule has 0 N–H and O–H groups in total. The van der Waals surface area contributed by atoms with Gasteiger partial charge in [-0.2, -0.15) is 0 Å². The lowest BCUT2D eigenvalue weighted by atomic mass is 9.97. The number of ether oxygens (including phenoxy) is 2. The SMILES string of the molecule is CCN(CC)C(=O)c1c(OC)cccc1-c1cccc(OC)c1. The van der Waals surface area contributed by atoms with E-state index in [0.717, 1.165) is 16.9 Å². The van der Waals surface area contributed by atoms with E-state index in [9.17, 15) is 4.79 Å². The summed E-state index contributed by atoms with van der Waals surface area (Å²) in [6.45, 7) is 5.26. The van der Waals surface area contributed by atoms with Crippen LogP contribution in [0, 0.1) is 0 Å². The van der Waals surface area contributed by atoms with Gasteiger partial charge in [-0.15, -0.1) is 0 Å². The van der Waals surface area contributed by atoms with Gasteiger partial charge in [0.05, 0.1) is 19.8 Å². The largest absolute Gasteiger partial charge is 0.497 e. The molecule has 0 saturated carbocycles. The van der Waals surface area contributed by atoms with Crippen LogP contribution in [-0.2, 0) is 0 Å². The van der Waals surface area contributed by atoms with Crippen molar-refractivity contribution in [3.8, 4) is 22.6 Å².